The maximum Gasteiger partial charge on any atom is 0.160 e. The van der Waals surface area contributed by atoms with Gasteiger partial charge in [0, 0.05) is 32.0 Å². The molecule has 9 rings (SSSR count). The van der Waals surface area contributed by atoms with E-state index in [1.165, 1.54) is 37.7 Å². The Labute approximate surface area is 284 Å². The van der Waals surface area contributed by atoms with E-state index in [0.717, 1.165) is 44.9 Å². The Balaban J connectivity index is 1.12. The number of anilines is 3. The van der Waals surface area contributed by atoms with Crippen molar-refractivity contribution in [3.63, 3.8) is 0 Å². The Morgan fingerprint density at radius 3 is 1.67 bits per heavy atom. The molecule has 0 N–H and O–H groups in total. The number of fused-ring (bicyclic) bond motifs is 3. The summed E-state index contributed by atoms with van der Waals surface area (Å²) in [5, 5.41) is 1.04. The topological polar surface area (TPSA) is 29.0 Å². The van der Waals surface area contributed by atoms with Crippen molar-refractivity contribution in [2.24, 2.45) is 0 Å². The van der Waals surface area contributed by atoms with Crippen molar-refractivity contribution in [1.82, 2.24) is 9.97 Å². The first-order chi connectivity index (χ1) is 23.8. The zero-order chi connectivity index (χ0) is 31.9. The summed E-state index contributed by atoms with van der Waals surface area (Å²) in [6.45, 7) is 0. The van der Waals surface area contributed by atoms with Crippen LogP contribution in [0, 0.1) is 0 Å². The fourth-order valence-corrected chi connectivity index (χ4v) is 7.58. The highest BCUT2D eigenvalue weighted by atomic mass is 32.2. The summed E-state index contributed by atoms with van der Waals surface area (Å²) in [7, 11) is 0. The molecule has 0 aliphatic carbocycles. The van der Waals surface area contributed by atoms with Crippen molar-refractivity contribution in [1.29, 1.82) is 0 Å². The van der Waals surface area contributed by atoms with Crippen LogP contribution in [0.1, 0.15) is 0 Å². The summed E-state index contributed by atoms with van der Waals surface area (Å²) >= 11 is 1.80. The molecule has 0 fully saturated rings. The molecule has 0 unspecified atom stereocenters. The predicted octanol–water partition coefficient (Wildman–Crippen LogP) is 12.2. The first-order valence-corrected chi connectivity index (χ1v) is 16.9. The van der Waals surface area contributed by atoms with Gasteiger partial charge in [-0.1, -0.05) is 139 Å². The number of hydrogen-bond donors (Lipinski definition) is 0. The van der Waals surface area contributed by atoms with Gasteiger partial charge in [0.15, 0.2) is 5.82 Å². The van der Waals surface area contributed by atoms with Gasteiger partial charge in [-0.15, -0.1) is 0 Å². The standard InChI is InChI=1S/C44H29N3S/c1-3-11-30(12-4-1)32-19-21-34(22-20-32)43-37-15-7-8-16-38(37)45-44(46-43)35-25-28-40-42(29-35)48-41-18-10-9-17-39(41)47(40)36-26-23-33(24-27-36)31-13-5-2-6-14-31/h1-29H. The first kappa shape index (κ1) is 28.3. The lowest BCUT2D eigenvalue weighted by Gasteiger charge is -2.33. The molecule has 7 aromatic carbocycles. The van der Waals surface area contributed by atoms with Crippen LogP contribution in [0.3, 0.4) is 0 Å². The van der Waals surface area contributed by atoms with Crippen LogP contribution in [0.2, 0.25) is 0 Å². The van der Waals surface area contributed by atoms with Crippen molar-refractivity contribution in [2.45, 2.75) is 9.79 Å². The zero-order valence-electron chi connectivity index (χ0n) is 26.0. The van der Waals surface area contributed by atoms with Crippen LogP contribution in [-0.4, -0.2) is 9.97 Å². The average Bonchev–Trinajstić information content (AvgIpc) is 3.17. The minimum absolute atomic E-state index is 0.719. The monoisotopic (exact) mass is 631 g/mol. The van der Waals surface area contributed by atoms with Gasteiger partial charge < -0.3 is 4.90 Å². The third-order valence-corrected chi connectivity index (χ3v) is 10.00. The molecule has 0 atom stereocenters. The molecule has 1 aliphatic heterocycles. The molecule has 226 valence electrons. The molecule has 0 amide bonds. The molecule has 48 heavy (non-hydrogen) atoms. The molecule has 2 heterocycles. The van der Waals surface area contributed by atoms with Crippen molar-refractivity contribution < 1.29 is 0 Å². The summed E-state index contributed by atoms with van der Waals surface area (Å²) in [6.07, 6.45) is 0. The molecule has 0 saturated carbocycles. The second-order valence-corrected chi connectivity index (χ2v) is 12.9. The van der Waals surface area contributed by atoms with Crippen LogP contribution in [0.25, 0.3) is 55.8 Å². The maximum absolute atomic E-state index is 5.22. The van der Waals surface area contributed by atoms with Gasteiger partial charge in [0.1, 0.15) is 0 Å². The van der Waals surface area contributed by atoms with Gasteiger partial charge in [-0.05, 0) is 70.8 Å². The molecular weight excluding hydrogens is 603 g/mol. The second kappa shape index (κ2) is 12.0. The molecule has 1 aliphatic rings. The molecule has 3 nitrogen and oxygen atoms in total. The molecule has 0 saturated heterocycles. The number of hydrogen-bond acceptors (Lipinski definition) is 4. The van der Waals surface area contributed by atoms with Crippen LogP contribution >= 0.6 is 11.8 Å². The first-order valence-electron chi connectivity index (χ1n) is 16.1. The lowest BCUT2D eigenvalue weighted by Crippen LogP contribution is -2.14. The highest BCUT2D eigenvalue weighted by Crippen LogP contribution is 2.52. The van der Waals surface area contributed by atoms with E-state index >= 15 is 0 Å². The minimum atomic E-state index is 0.719. The zero-order valence-corrected chi connectivity index (χ0v) is 26.8. The predicted molar refractivity (Wildman–Crippen MR) is 200 cm³/mol. The van der Waals surface area contributed by atoms with E-state index in [-0.39, 0.29) is 0 Å². The lowest BCUT2D eigenvalue weighted by atomic mass is 10.0. The van der Waals surface area contributed by atoms with Gasteiger partial charge >= 0.3 is 0 Å². The fourth-order valence-electron chi connectivity index (χ4n) is 6.48. The summed E-state index contributed by atoms with van der Waals surface area (Å²) < 4.78 is 0. The van der Waals surface area contributed by atoms with E-state index in [1.807, 2.05) is 12.1 Å². The van der Waals surface area contributed by atoms with Crippen LogP contribution in [0.5, 0.6) is 0 Å². The van der Waals surface area contributed by atoms with Crippen LogP contribution in [-0.2, 0) is 0 Å². The van der Waals surface area contributed by atoms with E-state index in [0.29, 0.717) is 0 Å². The fraction of sp³-hybridized carbons (Fsp3) is 0. The van der Waals surface area contributed by atoms with Gasteiger partial charge in [0.05, 0.1) is 22.6 Å². The highest BCUT2D eigenvalue weighted by Gasteiger charge is 2.25. The summed E-state index contributed by atoms with van der Waals surface area (Å²) in [4.78, 5) is 15.0. The van der Waals surface area contributed by atoms with Gasteiger partial charge in [0.2, 0.25) is 0 Å². The van der Waals surface area contributed by atoms with E-state index in [1.54, 1.807) is 11.8 Å². The van der Waals surface area contributed by atoms with Crippen molar-refractivity contribution in [3.05, 3.63) is 176 Å². The number of benzene rings is 7. The molecule has 0 spiro atoms. The molecule has 0 bridgehead atoms. The van der Waals surface area contributed by atoms with Crippen molar-refractivity contribution in [3.8, 4) is 44.9 Å². The molecular formula is C44H29N3S. The number of nitrogens with zero attached hydrogens (tertiary/aromatic N) is 3. The molecule has 4 heteroatoms. The van der Waals surface area contributed by atoms with Crippen molar-refractivity contribution >= 4 is 39.7 Å². The van der Waals surface area contributed by atoms with Crippen LogP contribution < -0.4 is 4.90 Å². The molecule has 8 aromatic rings. The smallest absolute Gasteiger partial charge is 0.160 e. The quantitative estimate of drug-likeness (QED) is 0.189. The lowest BCUT2D eigenvalue weighted by molar-refractivity contribution is 1.16. The Bertz CT molecular complexity index is 2410. The SMILES string of the molecule is c1ccc(-c2ccc(-c3nc(-c4ccc5c(c4)Sc4ccccc4N5c4ccc(-c5ccccc5)cc4)nc4ccccc34)cc2)cc1. The van der Waals surface area contributed by atoms with Gasteiger partial charge in [-0.2, -0.15) is 0 Å². The second-order valence-electron chi connectivity index (χ2n) is 11.9. The summed E-state index contributed by atoms with van der Waals surface area (Å²) in [5.41, 5.74) is 12.2. The summed E-state index contributed by atoms with van der Waals surface area (Å²) in [6, 6.07) is 62.1. The van der Waals surface area contributed by atoms with Gasteiger partial charge in [0.25, 0.3) is 0 Å². The third kappa shape index (κ3) is 5.13. The number of aromatic nitrogens is 2. The van der Waals surface area contributed by atoms with E-state index in [4.69, 9.17) is 9.97 Å². The average molecular weight is 632 g/mol. The summed E-state index contributed by atoms with van der Waals surface area (Å²) in [5.74, 6) is 0.719. The number of para-hydroxylation sites is 2. The molecule has 0 radical (unpaired) electrons. The number of rotatable bonds is 5. The van der Waals surface area contributed by atoms with E-state index in [2.05, 4.69) is 169 Å². The maximum atomic E-state index is 5.22. The normalized spacial score (nSPS) is 12.0. The van der Waals surface area contributed by atoms with Crippen LogP contribution in [0.4, 0.5) is 17.1 Å². The van der Waals surface area contributed by atoms with Gasteiger partial charge in [-0.3, -0.25) is 0 Å². The largest absolute Gasteiger partial charge is 0.308 e. The van der Waals surface area contributed by atoms with Crippen LogP contribution in [0.15, 0.2) is 186 Å². The van der Waals surface area contributed by atoms with E-state index < -0.39 is 0 Å². The van der Waals surface area contributed by atoms with Gasteiger partial charge in [-0.25, -0.2) is 9.97 Å². The third-order valence-electron chi connectivity index (χ3n) is 8.89. The van der Waals surface area contributed by atoms with Crippen molar-refractivity contribution in [2.75, 3.05) is 4.90 Å². The van der Waals surface area contributed by atoms with E-state index in [9.17, 15) is 0 Å². The highest BCUT2D eigenvalue weighted by molar-refractivity contribution is 7.99. The Morgan fingerprint density at radius 2 is 0.938 bits per heavy atom. The minimum Gasteiger partial charge on any atom is -0.308 e. The Morgan fingerprint density at radius 1 is 0.396 bits per heavy atom. The molecule has 1 aromatic heterocycles. The Hall–Kier alpha value is -5.97. The Kier molecular flexibility index (Phi) is 7.07.